The number of alkyl halides is 3. The number of amides is 1. The van der Waals surface area contributed by atoms with Crippen molar-refractivity contribution in [3.05, 3.63) is 71.9 Å². The van der Waals surface area contributed by atoms with Gasteiger partial charge in [0.2, 0.25) is 5.95 Å². The van der Waals surface area contributed by atoms with Crippen molar-refractivity contribution in [1.29, 1.82) is 0 Å². The number of H-pyrrole nitrogens is 2. The van der Waals surface area contributed by atoms with Crippen molar-refractivity contribution in [1.82, 2.24) is 20.2 Å². The predicted molar refractivity (Wildman–Crippen MR) is 141 cm³/mol. The number of fused-ring (bicyclic) bond motifs is 2. The first-order chi connectivity index (χ1) is 18.3. The zero-order valence-electron chi connectivity index (χ0n) is 20.2. The molecule has 0 spiro atoms. The van der Waals surface area contributed by atoms with Crippen LogP contribution >= 0.6 is 0 Å². The maximum atomic E-state index is 13.5. The Bertz CT molecular complexity index is 1630. The Hall–Kier alpha value is -4.54. The molecule has 2 aromatic heterocycles. The first-order valence-corrected chi connectivity index (χ1v) is 12.3. The number of piperidine rings is 1. The smallest absolute Gasteiger partial charge is 0.371 e. The van der Waals surface area contributed by atoms with Crippen molar-refractivity contribution in [3.8, 4) is 0 Å². The van der Waals surface area contributed by atoms with E-state index in [4.69, 9.17) is 0 Å². The molecule has 0 saturated carbocycles. The van der Waals surface area contributed by atoms with E-state index in [9.17, 15) is 18.0 Å². The first kappa shape index (κ1) is 23.8. The lowest BCUT2D eigenvalue weighted by atomic mass is 10.1. The van der Waals surface area contributed by atoms with E-state index in [1.165, 1.54) is 18.2 Å². The second kappa shape index (κ2) is 9.40. The van der Waals surface area contributed by atoms with Gasteiger partial charge >= 0.3 is 6.18 Å². The molecule has 11 heteroatoms. The van der Waals surface area contributed by atoms with Gasteiger partial charge in [0.15, 0.2) is 0 Å². The summed E-state index contributed by atoms with van der Waals surface area (Å²) in [6.45, 7) is 1.61. The zero-order chi connectivity index (χ0) is 26.3. The molecular weight excluding hydrogens is 495 g/mol. The topological polar surface area (TPSA) is 102 Å². The van der Waals surface area contributed by atoms with Crippen LogP contribution in [0.5, 0.6) is 0 Å². The van der Waals surface area contributed by atoms with Gasteiger partial charge in [0.05, 0.1) is 45.2 Å². The van der Waals surface area contributed by atoms with Gasteiger partial charge in [-0.3, -0.25) is 9.89 Å². The average Bonchev–Trinajstić information content (AvgIpc) is 3.53. The second-order valence-corrected chi connectivity index (χ2v) is 9.31. The van der Waals surface area contributed by atoms with E-state index in [-0.39, 0.29) is 17.5 Å². The minimum atomic E-state index is -4.51. The van der Waals surface area contributed by atoms with Crippen LogP contribution in [-0.4, -0.2) is 39.2 Å². The Labute approximate surface area is 215 Å². The van der Waals surface area contributed by atoms with Gasteiger partial charge in [-0.15, -0.1) is 0 Å². The Morgan fingerprint density at radius 2 is 1.79 bits per heavy atom. The fraction of sp³-hybridized carbons (Fsp3) is 0.222. The Morgan fingerprint density at radius 1 is 0.974 bits per heavy atom. The van der Waals surface area contributed by atoms with Gasteiger partial charge < -0.3 is 20.5 Å². The summed E-state index contributed by atoms with van der Waals surface area (Å²) < 4.78 is 40.4. The van der Waals surface area contributed by atoms with Crippen LogP contribution < -0.4 is 15.5 Å². The Morgan fingerprint density at radius 3 is 2.61 bits per heavy atom. The number of imidazole rings is 1. The zero-order valence-corrected chi connectivity index (χ0v) is 20.2. The number of halogens is 3. The summed E-state index contributed by atoms with van der Waals surface area (Å²) in [6.07, 6.45) is 0.343. The summed E-state index contributed by atoms with van der Waals surface area (Å²) >= 11 is 0. The van der Waals surface area contributed by atoms with E-state index in [0.29, 0.717) is 22.3 Å². The molecule has 8 nitrogen and oxygen atoms in total. The number of hydrogen-bond acceptors (Lipinski definition) is 5. The molecular formula is C27H24F3N7O. The number of nitrogens with one attached hydrogen (secondary N) is 4. The molecule has 6 rings (SSSR count). The SMILES string of the molecule is O=C(Nc1ccc2cn[nH]c2c1)c1cc2[nH]c(Nc3ccccc3C(F)(F)F)nc2cc1N1CCCCC1. The molecule has 0 radical (unpaired) electrons. The van der Waals surface area contributed by atoms with Crippen molar-refractivity contribution in [2.45, 2.75) is 25.4 Å². The van der Waals surface area contributed by atoms with Gasteiger partial charge in [-0.05, 0) is 61.7 Å². The Balaban J connectivity index is 1.36. The van der Waals surface area contributed by atoms with Crippen molar-refractivity contribution in [2.75, 3.05) is 28.6 Å². The number of carbonyl (C=O) groups excluding carboxylic acids is 1. The normalized spacial score (nSPS) is 14.2. The molecule has 1 amide bonds. The van der Waals surface area contributed by atoms with Crippen LogP contribution in [0.1, 0.15) is 35.2 Å². The highest BCUT2D eigenvalue weighted by Gasteiger charge is 2.33. The van der Waals surface area contributed by atoms with Crippen LogP contribution in [-0.2, 0) is 6.18 Å². The molecule has 3 aromatic carbocycles. The average molecular weight is 520 g/mol. The molecule has 0 unspecified atom stereocenters. The molecule has 5 aromatic rings. The van der Waals surface area contributed by atoms with Crippen molar-refractivity contribution in [2.24, 2.45) is 0 Å². The lowest BCUT2D eigenvalue weighted by Crippen LogP contribution is -2.31. The molecule has 1 aliphatic heterocycles. The fourth-order valence-electron chi connectivity index (χ4n) is 4.86. The molecule has 1 aliphatic rings. The van der Waals surface area contributed by atoms with Crippen LogP contribution in [0.4, 0.5) is 36.2 Å². The van der Waals surface area contributed by atoms with E-state index in [0.717, 1.165) is 55.0 Å². The number of hydrogen-bond donors (Lipinski definition) is 4. The molecule has 4 N–H and O–H groups in total. The Kier molecular flexibility index (Phi) is 5.90. The van der Waals surface area contributed by atoms with Crippen LogP contribution in [0.3, 0.4) is 0 Å². The van der Waals surface area contributed by atoms with Crippen LogP contribution in [0.25, 0.3) is 21.9 Å². The number of rotatable bonds is 5. The maximum absolute atomic E-state index is 13.5. The molecule has 194 valence electrons. The number of benzene rings is 3. The molecule has 0 aliphatic carbocycles. The molecule has 0 atom stereocenters. The third-order valence-electron chi connectivity index (χ3n) is 6.73. The number of carbonyl (C=O) groups is 1. The van der Waals surface area contributed by atoms with E-state index < -0.39 is 11.7 Å². The monoisotopic (exact) mass is 519 g/mol. The fourth-order valence-corrected chi connectivity index (χ4v) is 4.86. The minimum absolute atomic E-state index is 0.109. The highest BCUT2D eigenvalue weighted by Crippen LogP contribution is 2.36. The molecule has 3 heterocycles. The van der Waals surface area contributed by atoms with Crippen LogP contribution in [0.2, 0.25) is 0 Å². The van der Waals surface area contributed by atoms with Crippen LogP contribution in [0, 0.1) is 0 Å². The van der Waals surface area contributed by atoms with E-state index >= 15 is 0 Å². The van der Waals surface area contributed by atoms with Crippen molar-refractivity contribution >= 4 is 50.9 Å². The summed E-state index contributed by atoms with van der Waals surface area (Å²) in [5.74, 6) is -0.138. The summed E-state index contributed by atoms with van der Waals surface area (Å²) in [5, 5.41) is 13.6. The number of aromatic amines is 2. The van der Waals surface area contributed by atoms with Gasteiger partial charge in [-0.25, -0.2) is 4.98 Å². The van der Waals surface area contributed by atoms with Crippen molar-refractivity contribution < 1.29 is 18.0 Å². The lowest BCUT2D eigenvalue weighted by molar-refractivity contribution is -0.136. The quantitative estimate of drug-likeness (QED) is 0.214. The molecule has 1 fully saturated rings. The number of nitrogens with zero attached hydrogens (tertiary/aromatic N) is 3. The molecule has 1 saturated heterocycles. The highest BCUT2D eigenvalue weighted by atomic mass is 19.4. The number of para-hydroxylation sites is 1. The summed E-state index contributed by atoms with van der Waals surface area (Å²) in [5.41, 5.74) is 2.80. The summed E-state index contributed by atoms with van der Waals surface area (Å²) in [7, 11) is 0. The summed E-state index contributed by atoms with van der Waals surface area (Å²) in [4.78, 5) is 23.2. The molecule has 0 bridgehead atoms. The van der Waals surface area contributed by atoms with Crippen molar-refractivity contribution in [3.63, 3.8) is 0 Å². The third kappa shape index (κ3) is 4.62. The predicted octanol–water partition coefficient (Wildman–Crippen LogP) is 6.44. The van der Waals surface area contributed by atoms with Gasteiger partial charge in [0, 0.05) is 24.2 Å². The van der Waals surface area contributed by atoms with E-state index in [1.54, 1.807) is 12.3 Å². The van der Waals surface area contributed by atoms with E-state index in [1.807, 2.05) is 24.3 Å². The van der Waals surface area contributed by atoms with Gasteiger partial charge in [0.1, 0.15) is 0 Å². The summed E-state index contributed by atoms with van der Waals surface area (Å²) in [6, 6.07) is 14.3. The number of anilines is 4. The number of aromatic nitrogens is 4. The second-order valence-electron chi connectivity index (χ2n) is 9.31. The highest BCUT2D eigenvalue weighted by molar-refractivity contribution is 6.11. The van der Waals surface area contributed by atoms with Gasteiger partial charge in [0.25, 0.3) is 5.91 Å². The maximum Gasteiger partial charge on any atom is 0.418 e. The third-order valence-corrected chi connectivity index (χ3v) is 6.73. The molecule has 38 heavy (non-hydrogen) atoms. The van der Waals surface area contributed by atoms with Gasteiger partial charge in [-0.2, -0.15) is 18.3 Å². The van der Waals surface area contributed by atoms with Gasteiger partial charge in [-0.1, -0.05) is 12.1 Å². The van der Waals surface area contributed by atoms with E-state index in [2.05, 4.69) is 35.7 Å². The lowest BCUT2D eigenvalue weighted by Gasteiger charge is -2.30. The minimum Gasteiger partial charge on any atom is -0.371 e. The standard InChI is InChI=1S/C27H24F3N7O/c28-27(29,30)19-6-2-3-7-20(19)33-26-34-22-13-18(24(14-23(22)35-26)37-10-4-1-5-11-37)25(38)32-17-9-8-16-15-31-36-21(16)12-17/h2-3,6-9,12-15H,1,4-5,10-11H2,(H,31,36)(H,32,38)(H2,33,34,35). The largest absolute Gasteiger partial charge is 0.418 e. The first-order valence-electron chi connectivity index (χ1n) is 12.3. The van der Waals surface area contributed by atoms with Crippen LogP contribution in [0.15, 0.2) is 60.8 Å².